The van der Waals surface area contributed by atoms with Crippen molar-refractivity contribution in [2.24, 2.45) is 10.8 Å². The molecule has 0 saturated carbocycles. The maximum atomic E-state index is 13.1. The van der Waals surface area contributed by atoms with E-state index in [-0.39, 0.29) is 21.3 Å². The molecule has 0 fully saturated rings. The molecule has 9 nitrogen and oxygen atoms in total. The fourth-order valence-electron chi connectivity index (χ4n) is 3.13. The van der Waals surface area contributed by atoms with Crippen molar-refractivity contribution in [2.75, 3.05) is 10.1 Å². The van der Waals surface area contributed by atoms with Gasteiger partial charge >= 0.3 is 0 Å². The van der Waals surface area contributed by atoms with Gasteiger partial charge in [-0.2, -0.15) is 5.10 Å². The van der Waals surface area contributed by atoms with E-state index in [0.29, 0.717) is 5.56 Å². The highest BCUT2D eigenvalue weighted by Crippen LogP contribution is 2.30. The van der Waals surface area contributed by atoms with Crippen molar-refractivity contribution < 1.29 is 13.3 Å². The van der Waals surface area contributed by atoms with E-state index in [2.05, 4.69) is 21.8 Å². The smallest absolute Gasteiger partial charge is 0.270 e. The third-order valence-electron chi connectivity index (χ3n) is 4.84. The first kappa shape index (κ1) is 26.2. The number of nitrogens with two attached hydrogens (primary N) is 1. The molecule has 0 spiro atoms. The molecule has 0 heterocycles. The predicted molar refractivity (Wildman–Crippen MR) is 145 cm³/mol. The fraction of sp³-hybridized carbons (Fsp3) is 0. The molecule has 0 unspecified atom stereocenters. The lowest BCUT2D eigenvalue weighted by atomic mass is 10.0. The van der Waals surface area contributed by atoms with Gasteiger partial charge in [-0.05, 0) is 29.3 Å². The zero-order valence-corrected chi connectivity index (χ0v) is 20.4. The number of anilines is 2. The van der Waals surface area contributed by atoms with E-state index in [4.69, 9.17) is 17.3 Å². The first-order valence-electron chi connectivity index (χ1n) is 10.4. The van der Waals surface area contributed by atoms with Crippen molar-refractivity contribution in [3.05, 3.63) is 124 Å². The Morgan fingerprint density at radius 3 is 2.50 bits per heavy atom. The first-order valence-corrected chi connectivity index (χ1v) is 12.3. The normalized spacial score (nSPS) is 12.1. The lowest BCUT2D eigenvalue weighted by Gasteiger charge is -2.13. The van der Waals surface area contributed by atoms with Crippen LogP contribution in [0.2, 0.25) is 5.02 Å². The second kappa shape index (κ2) is 11.8. The van der Waals surface area contributed by atoms with Gasteiger partial charge in [0.1, 0.15) is 4.90 Å². The summed E-state index contributed by atoms with van der Waals surface area (Å²) >= 11 is 6.08. The molecule has 3 rings (SSSR count). The highest BCUT2D eigenvalue weighted by atomic mass is 35.5. The lowest BCUT2D eigenvalue weighted by molar-refractivity contribution is -0.385. The van der Waals surface area contributed by atoms with Crippen LogP contribution in [0.3, 0.4) is 0 Å². The summed E-state index contributed by atoms with van der Waals surface area (Å²) in [6.07, 6.45) is 8.08. The topological polar surface area (TPSA) is 140 Å². The molecular weight excluding hydrogens is 502 g/mol. The third kappa shape index (κ3) is 6.38. The van der Waals surface area contributed by atoms with Crippen LogP contribution in [0.15, 0.2) is 108 Å². The summed E-state index contributed by atoms with van der Waals surface area (Å²) in [6, 6.07) is 16.9. The number of nitrogens with zero attached hydrogens (tertiary/aromatic N) is 2. The van der Waals surface area contributed by atoms with Gasteiger partial charge in [0, 0.05) is 23.9 Å². The summed E-state index contributed by atoms with van der Waals surface area (Å²) in [6.45, 7) is 3.65. The number of non-ortho nitro benzene ring substituents is 1. The Kier molecular flexibility index (Phi) is 8.61. The monoisotopic (exact) mass is 523 g/mol. The zero-order chi connectivity index (χ0) is 26.1. The number of nitro groups is 1. The summed E-state index contributed by atoms with van der Waals surface area (Å²) in [4.78, 5) is 10.2. The number of nitro benzene ring substituents is 1. The molecule has 0 amide bonds. The number of rotatable bonds is 10. The quantitative estimate of drug-likeness (QED) is 0.138. The molecule has 4 N–H and O–H groups in total. The van der Waals surface area contributed by atoms with Gasteiger partial charge in [0.05, 0.1) is 27.5 Å². The number of hydrogen-bond acceptors (Lipinski definition) is 7. The van der Waals surface area contributed by atoms with Gasteiger partial charge in [-0.15, -0.1) is 0 Å². The summed E-state index contributed by atoms with van der Waals surface area (Å²) in [5.41, 5.74) is 10.4. The summed E-state index contributed by atoms with van der Waals surface area (Å²) in [7, 11) is -4.27. The van der Waals surface area contributed by atoms with Gasteiger partial charge in [0.2, 0.25) is 0 Å². The number of allylic oxidation sites excluding steroid dienone is 4. The Balaban J connectivity index is 1.97. The van der Waals surface area contributed by atoms with Crippen LogP contribution in [-0.4, -0.2) is 19.6 Å². The minimum Gasteiger partial charge on any atom is -0.404 e. The molecule has 0 aliphatic heterocycles. The minimum atomic E-state index is -4.27. The van der Waals surface area contributed by atoms with E-state index in [9.17, 15) is 18.5 Å². The van der Waals surface area contributed by atoms with E-state index in [1.165, 1.54) is 36.7 Å². The standard InChI is InChI=1S/C25H22ClN5O4S/c1-2-3-8-18(16-27)21-10-5-4-9-19(21)17-28-29-24-14-13-20(31(32)33)15-25(24)36(34,35)30-23-12-7-6-11-22(23)26/h2-17,29-30H,1,27H2/b8-3-,18-16+,28-17+. The molecule has 0 atom stereocenters. The Hall–Kier alpha value is -4.41. The lowest BCUT2D eigenvalue weighted by Crippen LogP contribution is -2.15. The molecule has 0 saturated heterocycles. The average Bonchev–Trinajstić information content (AvgIpc) is 2.86. The van der Waals surface area contributed by atoms with Crippen LogP contribution in [0.5, 0.6) is 0 Å². The van der Waals surface area contributed by atoms with E-state index in [0.717, 1.165) is 17.2 Å². The second-order valence-electron chi connectivity index (χ2n) is 7.20. The van der Waals surface area contributed by atoms with Crippen LogP contribution in [0.1, 0.15) is 11.1 Å². The largest absolute Gasteiger partial charge is 0.404 e. The van der Waals surface area contributed by atoms with Crippen LogP contribution in [-0.2, 0) is 10.0 Å². The number of benzene rings is 3. The first-order chi connectivity index (χ1) is 17.3. The maximum absolute atomic E-state index is 13.1. The molecule has 11 heteroatoms. The van der Waals surface area contributed by atoms with Crippen molar-refractivity contribution >= 4 is 50.5 Å². The van der Waals surface area contributed by atoms with E-state index in [1.807, 2.05) is 18.2 Å². The molecule has 3 aromatic carbocycles. The van der Waals surface area contributed by atoms with Gasteiger partial charge in [0.25, 0.3) is 15.7 Å². The summed E-state index contributed by atoms with van der Waals surface area (Å²) in [5, 5.41) is 15.6. The number of sulfonamides is 1. The van der Waals surface area contributed by atoms with Crippen molar-refractivity contribution in [1.29, 1.82) is 0 Å². The molecule has 0 aliphatic rings. The van der Waals surface area contributed by atoms with Crippen LogP contribution in [0.25, 0.3) is 5.57 Å². The van der Waals surface area contributed by atoms with Gasteiger partial charge in [-0.3, -0.25) is 20.3 Å². The Morgan fingerprint density at radius 2 is 1.81 bits per heavy atom. The summed E-state index contributed by atoms with van der Waals surface area (Å²) < 4.78 is 28.6. The molecule has 0 bridgehead atoms. The second-order valence-corrected chi connectivity index (χ2v) is 9.26. The zero-order valence-electron chi connectivity index (χ0n) is 18.8. The molecule has 36 heavy (non-hydrogen) atoms. The Morgan fingerprint density at radius 1 is 1.08 bits per heavy atom. The van der Waals surface area contributed by atoms with Crippen LogP contribution in [0.4, 0.5) is 17.1 Å². The average molecular weight is 524 g/mol. The van der Waals surface area contributed by atoms with E-state index >= 15 is 0 Å². The predicted octanol–water partition coefficient (Wildman–Crippen LogP) is 5.54. The fourth-order valence-corrected chi connectivity index (χ4v) is 4.63. The highest BCUT2D eigenvalue weighted by Gasteiger charge is 2.23. The van der Waals surface area contributed by atoms with Gasteiger partial charge in [-0.1, -0.05) is 72.8 Å². The minimum absolute atomic E-state index is 0.0232. The molecular formula is C25H22ClN5O4S. The number of hydrazone groups is 1. The number of para-hydroxylation sites is 1. The Bertz CT molecular complexity index is 1480. The molecule has 0 aliphatic carbocycles. The maximum Gasteiger partial charge on any atom is 0.270 e. The van der Waals surface area contributed by atoms with E-state index in [1.54, 1.807) is 36.4 Å². The molecule has 0 aromatic heterocycles. The third-order valence-corrected chi connectivity index (χ3v) is 6.57. The summed E-state index contributed by atoms with van der Waals surface area (Å²) in [5.74, 6) is 0. The Labute approximate surface area is 213 Å². The molecule has 184 valence electrons. The van der Waals surface area contributed by atoms with Crippen molar-refractivity contribution in [3.63, 3.8) is 0 Å². The number of hydrogen-bond donors (Lipinski definition) is 3. The number of nitrogens with one attached hydrogen (secondary N) is 2. The van der Waals surface area contributed by atoms with Crippen molar-refractivity contribution in [3.8, 4) is 0 Å². The molecule has 3 aromatic rings. The highest BCUT2D eigenvalue weighted by molar-refractivity contribution is 7.93. The van der Waals surface area contributed by atoms with Crippen molar-refractivity contribution in [1.82, 2.24) is 0 Å². The van der Waals surface area contributed by atoms with Gasteiger partial charge in [-0.25, -0.2) is 8.42 Å². The molecule has 0 radical (unpaired) electrons. The van der Waals surface area contributed by atoms with Crippen LogP contribution in [0, 0.1) is 10.1 Å². The van der Waals surface area contributed by atoms with Gasteiger partial charge in [0.15, 0.2) is 0 Å². The van der Waals surface area contributed by atoms with Crippen LogP contribution >= 0.6 is 11.6 Å². The number of halogens is 1. The van der Waals surface area contributed by atoms with Crippen LogP contribution < -0.4 is 15.9 Å². The van der Waals surface area contributed by atoms with Gasteiger partial charge < -0.3 is 5.73 Å². The van der Waals surface area contributed by atoms with Crippen molar-refractivity contribution in [2.45, 2.75) is 4.90 Å². The SMILES string of the molecule is C=C/C=C\C(=C/N)c1ccccc1/C=N/Nc1ccc([N+](=O)[O-])cc1S(=O)(=O)Nc1ccccc1Cl. The van der Waals surface area contributed by atoms with E-state index < -0.39 is 20.6 Å².